The SMILES string of the molecule is COc1ccccc1C(=O)NS(=O)C(C)(C)C. The predicted molar refractivity (Wildman–Crippen MR) is 68.4 cm³/mol. The molecule has 0 heterocycles. The lowest BCUT2D eigenvalue weighted by Gasteiger charge is -2.18. The number of hydrogen-bond acceptors (Lipinski definition) is 3. The molecule has 1 unspecified atom stereocenters. The molecule has 0 aliphatic carbocycles. The van der Waals surface area contributed by atoms with Crippen molar-refractivity contribution in [1.82, 2.24) is 4.72 Å². The van der Waals surface area contributed by atoms with Crippen LogP contribution >= 0.6 is 0 Å². The maximum atomic E-state index is 11.9. The first-order valence-corrected chi connectivity index (χ1v) is 6.37. The van der Waals surface area contributed by atoms with Gasteiger partial charge in [-0.3, -0.25) is 9.52 Å². The molecule has 0 aliphatic rings. The second kappa shape index (κ2) is 5.31. The Balaban J connectivity index is 2.88. The van der Waals surface area contributed by atoms with Crippen LogP contribution in [-0.4, -0.2) is 22.0 Å². The highest BCUT2D eigenvalue weighted by atomic mass is 32.2. The Hall–Kier alpha value is -1.36. The molecule has 0 bridgehead atoms. The first kappa shape index (κ1) is 13.7. The number of hydrogen-bond donors (Lipinski definition) is 1. The minimum Gasteiger partial charge on any atom is -0.496 e. The lowest BCUT2D eigenvalue weighted by atomic mass is 10.2. The lowest BCUT2D eigenvalue weighted by Crippen LogP contribution is -2.37. The van der Waals surface area contributed by atoms with E-state index in [9.17, 15) is 9.00 Å². The molecule has 1 rings (SSSR count). The molecular weight excluding hydrogens is 238 g/mol. The molecule has 5 heteroatoms. The van der Waals surface area contributed by atoms with Crippen molar-refractivity contribution >= 4 is 16.9 Å². The summed E-state index contributed by atoms with van der Waals surface area (Å²) < 4.78 is 18.8. The number of ether oxygens (including phenoxy) is 1. The summed E-state index contributed by atoms with van der Waals surface area (Å²) in [7, 11) is 0.0596. The van der Waals surface area contributed by atoms with Crippen LogP contribution in [0.5, 0.6) is 5.75 Å². The van der Waals surface area contributed by atoms with E-state index in [0.29, 0.717) is 11.3 Å². The van der Waals surface area contributed by atoms with Gasteiger partial charge in [-0.1, -0.05) is 12.1 Å². The molecular formula is C12H17NO3S. The van der Waals surface area contributed by atoms with Crippen LogP contribution in [0.25, 0.3) is 0 Å². The van der Waals surface area contributed by atoms with Crippen LogP contribution in [0.4, 0.5) is 0 Å². The normalized spacial score (nSPS) is 12.9. The number of amides is 1. The number of para-hydroxylation sites is 1. The Bertz CT molecular complexity index is 438. The predicted octanol–water partition coefficient (Wildman–Crippen LogP) is 1.89. The van der Waals surface area contributed by atoms with Crippen LogP contribution < -0.4 is 9.46 Å². The number of carbonyl (C=O) groups excluding carboxylic acids is 1. The van der Waals surface area contributed by atoms with Gasteiger partial charge in [0.05, 0.1) is 17.4 Å². The Morgan fingerprint density at radius 2 is 1.88 bits per heavy atom. The van der Waals surface area contributed by atoms with Crippen molar-refractivity contribution in [2.24, 2.45) is 0 Å². The van der Waals surface area contributed by atoms with E-state index in [2.05, 4.69) is 4.72 Å². The fraction of sp³-hybridized carbons (Fsp3) is 0.417. The fourth-order valence-corrected chi connectivity index (χ4v) is 1.71. The molecule has 0 saturated carbocycles. The van der Waals surface area contributed by atoms with Gasteiger partial charge < -0.3 is 4.74 Å². The number of methoxy groups -OCH3 is 1. The molecule has 0 radical (unpaired) electrons. The molecule has 0 aliphatic heterocycles. The first-order chi connectivity index (χ1) is 7.86. The summed E-state index contributed by atoms with van der Waals surface area (Å²) in [5, 5.41) is 0. The smallest absolute Gasteiger partial charge is 0.266 e. The molecule has 1 atom stereocenters. The van der Waals surface area contributed by atoms with Gasteiger partial charge >= 0.3 is 0 Å². The molecule has 4 nitrogen and oxygen atoms in total. The van der Waals surface area contributed by atoms with Crippen LogP contribution in [0.15, 0.2) is 24.3 Å². The van der Waals surface area contributed by atoms with Crippen molar-refractivity contribution in [1.29, 1.82) is 0 Å². The standard InChI is InChI=1S/C12H17NO3S/c1-12(2,3)17(15)13-11(14)9-7-5-6-8-10(9)16-4/h5-8H,1-4H3,(H,13,14). The minimum atomic E-state index is -1.43. The van der Waals surface area contributed by atoms with Crippen molar-refractivity contribution in [2.45, 2.75) is 25.5 Å². The summed E-state index contributed by atoms with van der Waals surface area (Å²) in [5.41, 5.74) is 0.382. The van der Waals surface area contributed by atoms with E-state index in [-0.39, 0.29) is 0 Å². The summed E-state index contributed by atoms with van der Waals surface area (Å²) in [6, 6.07) is 6.83. The number of nitrogens with one attached hydrogen (secondary N) is 1. The molecule has 0 fully saturated rings. The van der Waals surface area contributed by atoms with Crippen LogP contribution in [0.3, 0.4) is 0 Å². The van der Waals surface area contributed by atoms with E-state index in [1.54, 1.807) is 45.0 Å². The van der Waals surface area contributed by atoms with E-state index in [4.69, 9.17) is 4.74 Å². The maximum absolute atomic E-state index is 11.9. The molecule has 0 aromatic heterocycles. The molecule has 1 aromatic rings. The Morgan fingerprint density at radius 3 is 2.41 bits per heavy atom. The zero-order valence-electron chi connectivity index (χ0n) is 10.4. The van der Waals surface area contributed by atoms with Gasteiger partial charge in [-0.25, -0.2) is 4.21 Å². The second-order valence-corrected chi connectivity index (χ2v) is 6.48. The van der Waals surface area contributed by atoms with Gasteiger partial charge in [0.25, 0.3) is 5.91 Å². The number of benzene rings is 1. The Labute approximate surface area is 104 Å². The highest BCUT2D eigenvalue weighted by Gasteiger charge is 2.23. The summed E-state index contributed by atoms with van der Waals surface area (Å²) in [6.07, 6.45) is 0. The van der Waals surface area contributed by atoms with Crippen molar-refractivity contribution in [3.05, 3.63) is 29.8 Å². The van der Waals surface area contributed by atoms with Crippen LogP contribution in [0.2, 0.25) is 0 Å². The van der Waals surface area contributed by atoms with Crippen LogP contribution in [0.1, 0.15) is 31.1 Å². The van der Waals surface area contributed by atoms with E-state index < -0.39 is 21.6 Å². The largest absolute Gasteiger partial charge is 0.496 e. The molecule has 1 N–H and O–H groups in total. The number of rotatable bonds is 3. The van der Waals surface area contributed by atoms with Gasteiger partial charge in [-0.05, 0) is 32.9 Å². The monoisotopic (exact) mass is 255 g/mol. The molecule has 0 saturated heterocycles. The first-order valence-electron chi connectivity index (χ1n) is 5.22. The van der Waals surface area contributed by atoms with Gasteiger partial charge in [0.15, 0.2) is 0 Å². The van der Waals surface area contributed by atoms with Gasteiger partial charge in [-0.15, -0.1) is 0 Å². The Morgan fingerprint density at radius 1 is 1.29 bits per heavy atom. The van der Waals surface area contributed by atoms with Crippen molar-refractivity contribution in [2.75, 3.05) is 7.11 Å². The van der Waals surface area contributed by atoms with E-state index in [1.807, 2.05) is 0 Å². The zero-order valence-corrected chi connectivity index (χ0v) is 11.3. The quantitative estimate of drug-likeness (QED) is 0.897. The van der Waals surface area contributed by atoms with E-state index >= 15 is 0 Å². The average molecular weight is 255 g/mol. The highest BCUT2D eigenvalue weighted by Crippen LogP contribution is 2.18. The average Bonchev–Trinajstić information content (AvgIpc) is 2.27. The minimum absolute atomic E-state index is 0.382. The van der Waals surface area contributed by atoms with E-state index in [1.165, 1.54) is 7.11 Å². The molecule has 1 amide bonds. The third-order valence-corrected chi connectivity index (χ3v) is 3.58. The second-order valence-electron chi connectivity index (χ2n) is 4.51. The van der Waals surface area contributed by atoms with Gasteiger partial charge in [0.1, 0.15) is 16.7 Å². The van der Waals surface area contributed by atoms with Crippen LogP contribution in [0, 0.1) is 0 Å². The third-order valence-electron chi connectivity index (χ3n) is 2.09. The summed E-state index contributed by atoms with van der Waals surface area (Å²) in [4.78, 5) is 11.9. The fourth-order valence-electron chi connectivity index (χ4n) is 1.12. The summed E-state index contributed by atoms with van der Waals surface area (Å²) >= 11 is 0. The maximum Gasteiger partial charge on any atom is 0.266 e. The van der Waals surface area contributed by atoms with Gasteiger partial charge in [0, 0.05) is 0 Å². The zero-order chi connectivity index (χ0) is 13.1. The summed E-state index contributed by atoms with van der Waals surface area (Å²) in [6.45, 7) is 5.39. The Kier molecular flexibility index (Phi) is 4.28. The lowest BCUT2D eigenvalue weighted by molar-refractivity contribution is 0.0979. The topological polar surface area (TPSA) is 55.4 Å². The summed E-state index contributed by atoms with van der Waals surface area (Å²) in [5.74, 6) is 0.0756. The highest BCUT2D eigenvalue weighted by molar-refractivity contribution is 7.85. The van der Waals surface area contributed by atoms with Crippen molar-refractivity contribution in [3.63, 3.8) is 0 Å². The van der Waals surface area contributed by atoms with Gasteiger partial charge in [0.2, 0.25) is 0 Å². The molecule has 94 valence electrons. The van der Waals surface area contributed by atoms with E-state index in [0.717, 1.165) is 0 Å². The molecule has 1 aromatic carbocycles. The van der Waals surface area contributed by atoms with Gasteiger partial charge in [-0.2, -0.15) is 0 Å². The molecule has 0 spiro atoms. The number of carbonyl (C=O) groups is 1. The molecule has 17 heavy (non-hydrogen) atoms. The van der Waals surface area contributed by atoms with Crippen molar-refractivity contribution < 1.29 is 13.7 Å². The van der Waals surface area contributed by atoms with Crippen molar-refractivity contribution in [3.8, 4) is 5.75 Å². The van der Waals surface area contributed by atoms with Crippen LogP contribution in [-0.2, 0) is 11.0 Å². The third kappa shape index (κ3) is 3.56.